The molecule has 1 aromatic rings. The predicted octanol–water partition coefficient (Wildman–Crippen LogP) is 3.51. The molecule has 1 aliphatic heterocycles. The third-order valence-electron chi connectivity index (χ3n) is 7.22. The van der Waals surface area contributed by atoms with Crippen LogP contribution in [-0.4, -0.2) is 70.4 Å². The van der Waals surface area contributed by atoms with Crippen molar-refractivity contribution in [3.63, 3.8) is 0 Å². The number of unbranched alkanes of at least 4 members (excludes halogenated alkanes) is 1. The Labute approximate surface area is 209 Å². The summed E-state index contributed by atoms with van der Waals surface area (Å²) >= 11 is 0. The summed E-state index contributed by atoms with van der Waals surface area (Å²) < 4.78 is 18.0. The average Bonchev–Trinajstić information content (AvgIpc) is 2.88. The normalized spacial score (nSPS) is 28.5. The molecule has 1 aliphatic carbocycles. The van der Waals surface area contributed by atoms with Gasteiger partial charge in [-0.3, -0.25) is 0 Å². The number of allylic oxidation sites excluding steroid dienone is 1. The van der Waals surface area contributed by atoms with Gasteiger partial charge in [0, 0.05) is 13.2 Å². The SMILES string of the molecule is C=CCc1ccc(O[C@@H]2O[C@H]([C@@H](O)CCCO)[C@@H](O)[C@H](O)[C@H]2OCCCCC2CCCCC2)cc1. The number of hydrogen-bond acceptors (Lipinski definition) is 7. The van der Waals surface area contributed by atoms with Gasteiger partial charge in [0.2, 0.25) is 6.29 Å². The van der Waals surface area contributed by atoms with Gasteiger partial charge in [-0.05, 0) is 49.3 Å². The van der Waals surface area contributed by atoms with Gasteiger partial charge in [-0.15, -0.1) is 6.58 Å². The summed E-state index contributed by atoms with van der Waals surface area (Å²) in [6.45, 7) is 4.11. The van der Waals surface area contributed by atoms with Gasteiger partial charge in [0.1, 0.15) is 30.2 Å². The van der Waals surface area contributed by atoms with Crippen molar-refractivity contribution in [1.29, 1.82) is 0 Å². The van der Waals surface area contributed by atoms with Gasteiger partial charge >= 0.3 is 0 Å². The smallest absolute Gasteiger partial charge is 0.229 e. The van der Waals surface area contributed by atoms with Gasteiger partial charge in [-0.2, -0.15) is 0 Å². The van der Waals surface area contributed by atoms with Gasteiger partial charge < -0.3 is 34.6 Å². The van der Waals surface area contributed by atoms with Crippen molar-refractivity contribution in [3.05, 3.63) is 42.5 Å². The fourth-order valence-electron chi connectivity index (χ4n) is 5.15. The van der Waals surface area contributed by atoms with E-state index >= 15 is 0 Å². The summed E-state index contributed by atoms with van der Waals surface area (Å²) in [4.78, 5) is 0. The molecule has 2 fully saturated rings. The van der Waals surface area contributed by atoms with E-state index in [0.717, 1.165) is 30.7 Å². The minimum absolute atomic E-state index is 0.0774. The number of benzene rings is 1. The van der Waals surface area contributed by atoms with E-state index in [2.05, 4.69) is 6.58 Å². The first kappa shape index (κ1) is 28.1. The molecule has 0 aromatic heterocycles. The molecule has 0 bridgehead atoms. The summed E-state index contributed by atoms with van der Waals surface area (Å²) in [6.07, 6.45) is 6.38. The molecular formula is C28H44O7. The molecule has 2 aliphatic rings. The lowest BCUT2D eigenvalue weighted by Gasteiger charge is -2.43. The fourth-order valence-corrected chi connectivity index (χ4v) is 5.15. The van der Waals surface area contributed by atoms with Crippen LogP contribution in [0.3, 0.4) is 0 Å². The Kier molecular flexibility index (Phi) is 12.0. The van der Waals surface area contributed by atoms with E-state index in [1.165, 1.54) is 38.5 Å². The third kappa shape index (κ3) is 8.55. The minimum Gasteiger partial charge on any atom is -0.462 e. The van der Waals surface area contributed by atoms with Gasteiger partial charge in [0.05, 0.1) is 6.10 Å². The van der Waals surface area contributed by atoms with E-state index in [1.54, 1.807) is 0 Å². The number of ether oxygens (including phenoxy) is 3. The largest absolute Gasteiger partial charge is 0.462 e. The predicted molar refractivity (Wildman–Crippen MR) is 134 cm³/mol. The van der Waals surface area contributed by atoms with Crippen LogP contribution < -0.4 is 4.74 Å². The van der Waals surface area contributed by atoms with Gasteiger partial charge in [-0.25, -0.2) is 0 Å². The minimum atomic E-state index is -1.33. The molecule has 4 N–H and O–H groups in total. The average molecular weight is 493 g/mol. The van der Waals surface area contributed by atoms with E-state index in [1.807, 2.05) is 30.3 Å². The van der Waals surface area contributed by atoms with Gasteiger partial charge in [0.15, 0.2) is 0 Å². The van der Waals surface area contributed by atoms with Crippen molar-refractivity contribution in [2.75, 3.05) is 13.2 Å². The van der Waals surface area contributed by atoms with Crippen molar-refractivity contribution in [2.45, 2.75) is 107 Å². The summed E-state index contributed by atoms with van der Waals surface area (Å²) in [5.41, 5.74) is 1.09. The Balaban J connectivity index is 1.61. The second-order valence-corrected chi connectivity index (χ2v) is 9.97. The molecule has 7 heteroatoms. The first-order chi connectivity index (χ1) is 17.0. The first-order valence-corrected chi connectivity index (χ1v) is 13.3. The summed E-state index contributed by atoms with van der Waals surface area (Å²) in [7, 11) is 0. The van der Waals surface area contributed by atoms with Gasteiger partial charge in [-0.1, -0.05) is 63.2 Å². The second kappa shape index (κ2) is 14.9. The molecule has 0 unspecified atom stereocenters. The van der Waals surface area contributed by atoms with Crippen LogP contribution in [0.25, 0.3) is 0 Å². The van der Waals surface area contributed by atoms with E-state index < -0.39 is 36.8 Å². The Bertz CT molecular complexity index is 719. The highest BCUT2D eigenvalue weighted by Crippen LogP contribution is 2.30. The lowest BCUT2D eigenvalue weighted by atomic mass is 9.86. The van der Waals surface area contributed by atoms with E-state index in [9.17, 15) is 15.3 Å². The molecular weight excluding hydrogens is 448 g/mol. The zero-order valence-electron chi connectivity index (χ0n) is 20.8. The zero-order chi connectivity index (χ0) is 25.0. The maximum absolute atomic E-state index is 10.9. The number of aliphatic hydroxyl groups excluding tert-OH is 4. The monoisotopic (exact) mass is 492 g/mol. The number of aliphatic hydroxyl groups is 4. The molecule has 3 rings (SSSR count). The van der Waals surface area contributed by atoms with E-state index in [4.69, 9.17) is 19.3 Å². The van der Waals surface area contributed by atoms with Crippen molar-refractivity contribution in [3.8, 4) is 5.75 Å². The Morgan fingerprint density at radius 1 is 1.03 bits per heavy atom. The molecule has 0 amide bonds. The molecule has 7 nitrogen and oxygen atoms in total. The number of hydrogen-bond donors (Lipinski definition) is 4. The maximum atomic E-state index is 10.9. The highest BCUT2D eigenvalue weighted by atomic mass is 16.7. The Morgan fingerprint density at radius 2 is 1.77 bits per heavy atom. The molecule has 1 aromatic carbocycles. The van der Waals surface area contributed by atoms with E-state index in [-0.39, 0.29) is 13.0 Å². The van der Waals surface area contributed by atoms with Crippen LogP contribution >= 0.6 is 0 Å². The molecule has 1 saturated carbocycles. The highest BCUT2D eigenvalue weighted by molar-refractivity contribution is 5.28. The fraction of sp³-hybridized carbons (Fsp3) is 0.714. The van der Waals surface area contributed by atoms with Crippen LogP contribution in [0.4, 0.5) is 0 Å². The maximum Gasteiger partial charge on any atom is 0.229 e. The molecule has 0 spiro atoms. The van der Waals surface area contributed by atoms with Crippen molar-refractivity contribution in [2.24, 2.45) is 5.92 Å². The molecule has 1 saturated heterocycles. The third-order valence-corrected chi connectivity index (χ3v) is 7.22. The van der Waals surface area contributed by atoms with Crippen molar-refractivity contribution < 1.29 is 34.6 Å². The van der Waals surface area contributed by atoms with Crippen molar-refractivity contribution >= 4 is 0 Å². The molecule has 35 heavy (non-hydrogen) atoms. The standard InChI is InChI=1S/C28H44O7/c1-2-9-20-14-16-22(17-15-20)34-28-27(33-19-7-6-12-21-10-4-3-5-11-21)25(32)24(31)26(35-28)23(30)13-8-18-29/h2,14-17,21,23-32H,1,3-13,18-19H2/t23-,24-,25-,26+,27+,28+/m0/s1. The van der Waals surface area contributed by atoms with Crippen LogP contribution in [0, 0.1) is 5.92 Å². The van der Waals surface area contributed by atoms with Crippen LogP contribution in [0.5, 0.6) is 5.75 Å². The lowest BCUT2D eigenvalue weighted by Crippen LogP contribution is -2.62. The molecule has 198 valence electrons. The summed E-state index contributed by atoms with van der Waals surface area (Å²) in [5.74, 6) is 1.36. The van der Waals surface area contributed by atoms with Gasteiger partial charge in [0.25, 0.3) is 0 Å². The van der Waals surface area contributed by atoms with Crippen molar-refractivity contribution in [1.82, 2.24) is 0 Å². The first-order valence-electron chi connectivity index (χ1n) is 13.3. The number of rotatable bonds is 14. The van der Waals surface area contributed by atoms with Crippen LogP contribution in [0.2, 0.25) is 0 Å². The molecule has 1 heterocycles. The molecule has 6 atom stereocenters. The zero-order valence-corrected chi connectivity index (χ0v) is 20.8. The lowest BCUT2D eigenvalue weighted by molar-refractivity contribution is -0.297. The topological polar surface area (TPSA) is 109 Å². The second-order valence-electron chi connectivity index (χ2n) is 9.97. The highest BCUT2D eigenvalue weighted by Gasteiger charge is 2.48. The Hall–Kier alpha value is -1.48. The summed E-state index contributed by atoms with van der Waals surface area (Å²) in [6, 6.07) is 7.50. The van der Waals surface area contributed by atoms with Crippen LogP contribution in [0.1, 0.15) is 69.8 Å². The van der Waals surface area contributed by atoms with Crippen LogP contribution in [-0.2, 0) is 15.9 Å². The summed E-state index contributed by atoms with van der Waals surface area (Å²) in [5, 5.41) is 41.2. The quantitative estimate of drug-likeness (QED) is 0.232. The molecule has 0 radical (unpaired) electrons. The Morgan fingerprint density at radius 3 is 2.46 bits per heavy atom. The van der Waals surface area contributed by atoms with E-state index in [0.29, 0.717) is 18.8 Å². The van der Waals surface area contributed by atoms with Crippen LogP contribution in [0.15, 0.2) is 36.9 Å².